The van der Waals surface area contributed by atoms with Crippen molar-refractivity contribution in [3.05, 3.63) is 0 Å². The summed E-state index contributed by atoms with van der Waals surface area (Å²) in [6, 6.07) is 0. The van der Waals surface area contributed by atoms with Crippen molar-refractivity contribution in [1.82, 2.24) is 9.03 Å². The van der Waals surface area contributed by atoms with Crippen LogP contribution in [-0.2, 0) is 19.7 Å². The number of aliphatic hydroxyl groups excluding tert-OH is 1. The van der Waals surface area contributed by atoms with Gasteiger partial charge >= 0.3 is 0 Å². The Kier molecular flexibility index (Phi) is 6.47. The third kappa shape index (κ3) is 5.17. The van der Waals surface area contributed by atoms with Gasteiger partial charge in [0.15, 0.2) is 0 Å². The van der Waals surface area contributed by atoms with Gasteiger partial charge in [0.05, 0.1) is 32.0 Å². The quantitative estimate of drug-likeness (QED) is 0.581. The van der Waals surface area contributed by atoms with Crippen LogP contribution >= 0.6 is 0 Å². The molecule has 2 N–H and O–H groups in total. The zero-order valence-corrected chi connectivity index (χ0v) is 11.6. The summed E-state index contributed by atoms with van der Waals surface area (Å²) in [5.41, 5.74) is 0. The molecule has 0 bridgehead atoms. The molecule has 7 nitrogen and oxygen atoms in total. The van der Waals surface area contributed by atoms with E-state index in [9.17, 15) is 8.42 Å². The SMILES string of the molecule is CC1CN(S(=O)(=O)NCCOCCO)CC(C)O1. The first-order valence-corrected chi connectivity index (χ1v) is 7.48. The zero-order valence-electron chi connectivity index (χ0n) is 10.8. The smallest absolute Gasteiger partial charge is 0.279 e. The normalized spacial score (nSPS) is 26.4. The van der Waals surface area contributed by atoms with E-state index >= 15 is 0 Å². The van der Waals surface area contributed by atoms with Gasteiger partial charge in [-0.2, -0.15) is 17.4 Å². The van der Waals surface area contributed by atoms with E-state index in [1.54, 1.807) is 0 Å². The van der Waals surface area contributed by atoms with Crippen LogP contribution in [0.1, 0.15) is 13.8 Å². The van der Waals surface area contributed by atoms with Gasteiger partial charge in [-0.1, -0.05) is 0 Å². The van der Waals surface area contributed by atoms with Crippen molar-refractivity contribution >= 4 is 10.2 Å². The van der Waals surface area contributed by atoms with Crippen molar-refractivity contribution in [2.24, 2.45) is 0 Å². The molecule has 0 aliphatic carbocycles. The molecule has 0 amide bonds. The monoisotopic (exact) mass is 282 g/mol. The van der Waals surface area contributed by atoms with Gasteiger partial charge in [0.25, 0.3) is 10.2 Å². The molecule has 2 atom stereocenters. The average molecular weight is 282 g/mol. The molecule has 1 saturated heterocycles. The number of nitrogens with zero attached hydrogens (tertiary/aromatic N) is 1. The number of rotatable bonds is 7. The standard InChI is InChI=1S/C10H22N2O5S/c1-9-7-12(8-10(2)17-9)18(14,15)11-3-5-16-6-4-13/h9-11,13H,3-8H2,1-2H3. The van der Waals surface area contributed by atoms with E-state index in [1.165, 1.54) is 4.31 Å². The van der Waals surface area contributed by atoms with Crippen LogP contribution in [0.2, 0.25) is 0 Å². The molecule has 2 unspecified atom stereocenters. The number of hydrogen-bond acceptors (Lipinski definition) is 5. The Morgan fingerprint density at radius 2 is 1.94 bits per heavy atom. The highest BCUT2D eigenvalue weighted by atomic mass is 32.2. The van der Waals surface area contributed by atoms with Crippen molar-refractivity contribution in [3.8, 4) is 0 Å². The summed E-state index contributed by atoms with van der Waals surface area (Å²) in [6.07, 6.45) is -0.202. The molecule has 1 heterocycles. The minimum absolute atomic E-state index is 0.0642. The van der Waals surface area contributed by atoms with Crippen molar-refractivity contribution in [1.29, 1.82) is 0 Å². The Morgan fingerprint density at radius 1 is 1.33 bits per heavy atom. The van der Waals surface area contributed by atoms with Gasteiger partial charge in [0, 0.05) is 19.6 Å². The topological polar surface area (TPSA) is 88.1 Å². The first kappa shape index (κ1) is 15.8. The highest BCUT2D eigenvalue weighted by Gasteiger charge is 2.30. The Hall–Kier alpha value is -0.250. The van der Waals surface area contributed by atoms with Gasteiger partial charge in [-0.15, -0.1) is 0 Å². The maximum atomic E-state index is 12.0. The van der Waals surface area contributed by atoms with E-state index in [-0.39, 0.29) is 38.6 Å². The van der Waals surface area contributed by atoms with Crippen LogP contribution in [0, 0.1) is 0 Å². The molecule has 0 aromatic carbocycles. The largest absolute Gasteiger partial charge is 0.394 e. The Labute approximate surface area is 108 Å². The number of aliphatic hydroxyl groups is 1. The lowest BCUT2D eigenvalue weighted by Gasteiger charge is -2.34. The summed E-state index contributed by atoms with van der Waals surface area (Å²) in [5, 5.41) is 8.50. The number of hydrogen-bond donors (Lipinski definition) is 2. The highest BCUT2D eigenvalue weighted by Crippen LogP contribution is 2.13. The fourth-order valence-electron chi connectivity index (χ4n) is 1.83. The van der Waals surface area contributed by atoms with Crippen molar-refractivity contribution in [2.45, 2.75) is 26.1 Å². The molecule has 0 spiro atoms. The lowest BCUT2D eigenvalue weighted by Crippen LogP contribution is -2.52. The van der Waals surface area contributed by atoms with E-state index in [0.717, 1.165) is 0 Å². The first-order valence-electron chi connectivity index (χ1n) is 6.04. The van der Waals surface area contributed by atoms with Gasteiger partial charge in [-0.25, -0.2) is 0 Å². The molecule has 18 heavy (non-hydrogen) atoms. The Bertz CT molecular complexity index is 325. The van der Waals surface area contributed by atoms with Crippen LogP contribution in [0.5, 0.6) is 0 Å². The van der Waals surface area contributed by atoms with Crippen molar-refractivity contribution in [2.75, 3.05) is 39.5 Å². The third-order valence-corrected chi connectivity index (χ3v) is 4.04. The lowest BCUT2D eigenvalue weighted by atomic mass is 10.3. The van der Waals surface area contributed by atoms with Crippen LogP contribution in [-0.4, -0.2) is 69.5 Å². The fourth-order valence-corrected chi connectivity index (χ4v) is 3.16. The van der Waals surface area contributed by atoms with Gasteiger partial charge < -0.3 is 14.6 Å². The molecule has 1 aliphatic heterocycles. The predicted octanol–water partition coefficient (Wildman–Crippen LogP) is -1.06. The van der Waals surface area contributed by atoms with Gasteiger partial charge in [0.2, 0.25) is 0 Å². The molecule has 0 radical (unpaired) electrons. The second-order valence-corrected chi connectivity index (χ2v) is 6.06. The summed E-state index contributed by atoms with van der Waals surface area (Å²) in [5.74, 6) is 0. The summed E-state index contributed by atoms with van der Waals surface area (Å²) in [6.45, 7) is 5.01. The number of morpholine rings is 1. The van der Waals surface area contributed by atoms with Crippen LogP contribution in [0.4, 0.5) is 0 Å². The second kappa shape index (κ2) is 7.37. The average Bonchev–Trinajstić information content (AvgIpc) is 2.27. The van der Waals surface area contributed by atoms with Gasteiger partial charge in [-0.3, -0.25) is 0 Å². The lowest BCUT2D eigenvalue weighted by molar-refractivity contribution is -0.0444. The van der Waals surface area contributed by atoms with Crippen LogP contribution in [0.25, 0.3) is 0 Å². The van der Waals surface area contributed by atoms with E-state index in [2.05, 4.69) is 4.72 Å². The molecule has 1 aliphatic rings. The predicted molar refractivity (Wildman–Crippen MR) is 66.4 cm³/mol. The molecular weight excluding hydrogens is 260 g/mol. The van der Waals surface area contributed by atoms with Gasteiger partial charge in [0.1, 0.15) is 0 Å². The van der Waals surface area contributed by atoms with E-state index in [4.69, 9.17) is 14.6 Å². The first-order chi connectivity index (χ1) is 8.45. The molecule has 108 valence electrons. The molecule has 8 heteroatoms. The Morgan fingerprint density at radius 3 is 2.50 bits per heavy atom. The molecule has 0 aromatic rings. The summed E-state index contributed by atoms with van der Waals surface area (Å²) >= 11 is 0. The van der Waals surface area contributed by atoms with E-state index < -0.39 is 10.2 Å². The molecule has 0 saturated carbocycles. The highest BCUT2D eigenvalue weighted by molar-refractivity contribution is 7.87. The van der Waals surface area contributed by atoms with Crippen LogP contribution in [0.3, 0.4) is 0 Å². The summed E-state index contributed by atoms with van der Waals surface area (Å²) < 4.78 is 38.2. The molecular formula is C10H22N2O5S. The summed E-state index contributed by atoms with van der Waals surface area (Å²) in [7, 11) is -3.48. The van der Waals surface area contributed by atoms with E-state index in [1.807, 2.05) is 13.8 Å². The summed E-state index contributed by atoms with van der Waals surface area (Å²) in [4.78, 5) is 0. The Balaban J connectivity index is 2.38. The molecule has 1 fully saturated rings. The van der Waals surface area contributed by atoms with Crippen molar-refractivity contribution in [3.63, 3.8) is 0 Å². The van der Waals surface area contributed by atoms with Crippen molar-refractivity contribution < 1.29 is 23.0 Å². The fraction of sp³-hybridized carbons (Fsp3) is 1.00. The minimum atomic E-state index is -3.48. The van der Waals surface area contributed by atoms with Gasteiger partial charge in [-0.05, 0) is 13.8 Å². The number of ether oxygens (including phenoxy) is 2. The maximum absolute atomic E-state index is 12.0. The molecule has 1 rings (SSSR count). The minimum Gasteiger partial charge on any atom is -0.394 e. The second-order valence-electron chi connectivity index (χ2n) is 4.31. The molecule has 0 aromatic heterocycles. The maximum Gasteiger partial charge on any atom is 0.279 e. The zero-order chi connectivity index (χ0) is 13.6. The number of nitrogens with one attached hydrogen (secondary N) is 1. The van der Waals surface area contributed by atoms with Crippen LogP contribution < -0.4 is 4.72 Å². The van der Waals surface area contributed by atoms with E-state index in [0.29, 0.717) is 13.1 Å². The third-order valence-electron chi connectivity index (χ3n) is 2.49. The van der Waals surface area contributed by atoms with Crippen LogP contribution in [0.15, 0.2) is 0 Å².